The molecular weight excluding hydrogens is 635 g/mol. The van der Waals surface area contributed by atoms with E-state index in [2.05, 4.69) is 35.2 Å². The van der Waals surface area contributed by atoms with E-state index in [1.165, 1.54) is 24.3 Å². The first kappa shape index (κ1) is 31.3. The van der Waals surface area contributed by atoms with Gasteiger partial charge < -0.3 is 20.3 Å². The Labute approximate surface area is 263 Å². The normalized spacial score (nSPS) is 18.7. The predicted molar refractivity (Wildman–Crippen MR) is 160 cm³/mol. The van der Waals surface area contributed by atoms with Crippen molar-refractivity contribution in [2.45, 2.75) is 55.1 Å². The molecule has 0 radical (unpaired) electrons. The lowest BCUT2D eigenvalue weighted by atomic mass is 10.1. The fourth-order valence-electron chi connectivity index (χ4n) is 5.39. The Hall–Kier alpha value is -3.69. The molecule has 3 aliphatic rings. The number of likely N-dealkylation sites (tertiary alicyclic amines) is 1. The maximum absolute atomic E-state index is 13.0. The van der Waals surface area contributed by atoms with Crippen LogP contribution >= 0.6 is 11.6 Å². The minimum atomic E-state index is -4.61. The number of ether oxygens (including phenoxy) is 1. The van der Waals surface area contributed by atoms with Crippen molar-refractivity contribution in [3.63, 3.8) is 0 Å². The summed E-state index contributed by atoms with van der Waals surface area (Å²) < 4.78 is 71.7. The summed E-state index contributed by atoms with van der Waals surface area (Å²) in [4.78, 5) is 27.3. The highest BCUT2D eigenvalue weighted by molar-refractivity contribution is 7.90. The minimum Gasteiger partial charge on any atom is -0.454 e. The number of nitrogens with one attached hydrogen (secondary N) is 3. The second kappa shape index (κ2) is 11.9. The zero-order valence-electron chi connectivity index (χ0n) is 24.0. The van der Waals surface area contributed by atoms with Gasteiger partial charge in [-0.3, -0.25) is 4.79 Å². The molecule has 3 aromatic rings. The Morgan fingerprint density at radius 1 is 0.933 bits per heavy atom. The van der Waals surface area contributed by atoms with Crippen molar-refractivity contribution >= 4 is 45.1 Å². The molecule has 0 bridgehead atoms. The first-order chi connectivity index (χ1) is 21.3. The average molecular weight is 666 g/mol. The molecule has 3 N–H and O–H groups in total. The van der Waals surface area contributed by atoms with E-state index in [0.717, 1.165) is 44.3 Å². The van der Waals surface area contributed by atoms with Gasteiger partial charge in [-0.15, -0.1) is 0 Å². The minimum absolute atomic E-state index is 0.0121. The zero-order chi connectivity index (χ0) is 31.9. The Morgan fingerprint density at radius 3 is 2.18 bits per heavy atom. The monoisotopic (exact) mass is 665 g/mol. The number of anilines is 3. The van der Waals surface area contributed by atoms with Gasteiger partial charge in [0.25, 0.3) is 10.0 Å². The third kappa shape index (κ3) is 7.59. The van der Waals surface area contributed by atoms with Crippen LogP contribution in [0.5, 0.6) is 6.01 Å². The highest BCUT2D eigenvalue weighted by atomic mass is 35.5. The second-order valence-electron chi connectivity index (χ2n) is 11.7. The molecule has 16 heteroatoms. The van der Waals surface area contributed by atoms with E-state index in [1.54, 1.807) is 12.1 Å². The number of carbonyl (C=O) groups is 1. The van der Waals surface area contributed by atoms with Crippen molar-refractivity contribution in [1.82, 2.24) is 24.6 Å². The van der Waals surface area contributed by atoms with Gasteiger partial charge >= 0.3 is 12.2 Å². The van der Waals surface area contributed by atoms with E-state index >= 15 is 0 Å². The number of rotatable bonds is 12. The first-order valence-corrected chi connectivity index (χ1v) is 16.4. The molecule has 1 saturated heterocycles. The smallest absolute Gasteiger partial charge is 0.422 e. The summed E-state index contributed by atoms with van der Waals surface area (Å²) >= 11 is 6.01. The Kier molecular flexibility index (Phi) is 8.29. The van der Waals surface area contributed by atoms with Crippen LogP contribution in [0.3, 0.4) is 0 Å². The van der Waals surface area contributed by atoms with E-state index in [4.69, 9.17) is 16.3 Å². The van der Waals surface area contributed by atoms with Crippen LogP contribution in [-0.4, -0.2) is 66.6 Å². The fourth-order valence-corrected chi connectivity index (χ4v) is 6.58. The van der Waals surface area contributed by atoms with Gasteiger partial charge in [0.1, 0.15) is 0 Å². The van der Waals surface area contributed by atoms with Crippen molar-refractivity contribution < 1.29 is 31.1 Å². The highest BCUT2D eigenvalue weighted by Crippen LogP contribution is 2.48. The Bertz CT molecular complexity index is 1660. The first-order valence-electron chi connectivity index (χ1n) is 14.5. The highest BCUT2D eigenvalue weighted by Gasteiger charge is 2.52. The number of halogens is 4. The lowest BCUT2D eigenvalue weighted by molar-refractivity contribution is -0.154. The quantitative estimate of drug-likeness (QED) is 0.243. The average Bonchev–Trinajstić information content (AvgIpc) is 3.89. The molecule has 2 heterocycles. The molecule has 240 valence electrons. The second-order valence-corrected chi connectivity index (χ2v) is 13.8. The van der Waals surface area contributed by atoms with Crippen molar-refractivity contribution in [2.24, 2.45) is 5.41 Å². The zero-order valence-corrected chi connectivity index (χ0v) is 25.6. The summed E-state index contributed by atoms with van der Waals surface area (Å²) in [5.74, 6) is -0.639. The summed E-state index contributed by atoms with van der Waals surface area (Å²) in [5, 5.41) is 6.61. The molecule has 2 aliphatic carbocycles. The summed E-state index contributed by atoms with van der Waals surface area (Å²) in [6, 6.07) is 12.1. The van der Waals surface area contributed by atoms with Crippen LogP contribution in [0.4, 0.5) is 30.8 Å². The molecule has 6 rings (SSSR count). The molecule has 2 aromatic carbocycles. The molecule has 1 amide bonds. The molecule has 3 fully saturated rings. The number of sulfonamides is 1. The summed E-state index contributed by atoms with van der Waals surface area (Å²) in [5.41, 5.74) is 0.0400. The molecule has 0 unspecified atom stereocenters. The van der Waals surface area contributed by atoms with Crippen LogP contribution in [-0.2, 0) is 20.4 Å². The number of alkyl halides is 3. The van der Waals surface area contributed by atoms with E-state index in [9.17, 15) is 26.4 Å². The summed E-state index contributed by atoms with van der Waals surface area (Å²) in [6.07, 6.45) is 0.286. The number of nitrogens with zero attached hydrogens (tertiary/aromatic N) is 4. The van der Waals surface area contributed by atoms with Crippen LogP contribution in [0.1, 0.15) is 44.1 Å². The summed E-state index contributed by atoms with van der Waals surface area (Å²) in [6.45, 7) is 0.771. The van der Waals surface area contributed by atoms with E-state index in [1.807, 2.05) is 12.1 Å². The third-order valence-corrected chi connectivity index (χ3v) is 9.78. The van der Waals surface area contributed by atoms with Gasteiger partial charge in [-0.2, -0.15) is 28.1 Å². The number of hydrogen-bond acceptors (Lipinski definition) is 10. The molecule has 11 nitrogen and oxygen atoms in total. The van der Waals surface area contributed by atoms with Crippen molar-refractivity contribution in [3.05, 3.63) is 59.1 Å². The Balaban J connectivity index is 1.16. The SMILES string of the molecule is O=C(NS(=O)(=O)c1ccc(Nc2nc(NC3(c4ccc(Cl)cc4)CC3)nc(OCC(F)(F)F)n2)cc1)C1(CN2CCCC2)CC1. The lowest BCUT2D eigenvalue weighted by Crippen LogP contribution is -2.42. The lowest BCUT2D eigenvalue weighted by Gasteiger charge is -2.22. The van der Waals surface area contributed by atoms with Gasteiger partial charge in [-0.25, -0.2) is 13.1 Å². The molecule has 1 aromatic heterocycles. The van der Waals surface area contributed by atoms with Gasteiger partial charge in [0.15, 0.2) is 6.61 Å². The van der Waals surface area contributed by atoms with Crippen molar-refractivity contribution in [3.8, 4) is 6.01 Å². The van der Waals surface area contributed by atoms with Gasteiger partial charge in [0, 0.05) is 17.3 Å². The molecule has 2 saturated carbocycles. The van der Waals surface area contributed by atoms with Crippen LogP contribution in [0.25, 0.3) is 0 Å². The Morgan fingerprint density at radius 2 is 1.58 bits per heavy atom. The largest absolute Gasteiger partial charge is 0.454 e. The molecule has 0 atom stereocenters. The van der Waals surface area contributed by atoms with Crippen LogP contribution in [0, 0.1) is 5.41 Å². The van der Waals surface area contributed by atoms with Gasteiger partial charge in [-0.1, -0.05) is 23.7 Å². The van der Waals surface area contributed by atoms with Gasteiger partial charge in [0.05, 0.1) is 15.8 Å². The van der Waals surface area contributed by atoms with E-state index in [-0.39, 0.29) is 16.8 Å². The maximum atomic E-state index is 13.0. The topological polar surface area (TPSA) is 138 Å². The third-order valence-electron chi connectivity index (χ3n) is 8.19. The molecule has 0 spiro atoms. The standard InChI is InChI=1S/C29H31ClF3N7O4S/c30-20-5-3-19(4-6-20)28(13-14-28)38-25-35-24(36-26(37-25)44-18-29(31,32)33)34-21-7-9-22(10-8-21)45(42,43)39-23(41)27(11-12-27)17-40-15-1-2-16-40/h3-10H,1-2,11-18H2,(H,39,41)(H2,34,35,36,37,38). The van der Waals surface area contributed by atoms with Gasteiger partial charge in [0.2, 0.25) is 17.8 Å². The number of benzene rings is 2. The number of hydrogen-bond donors (Lipinski definition) is 3. The van der Waals surface area contributed by atoms with Crippen molar-refractivity contribution in [1.29, 1.82) is 0 Å². The van der Waals surface area contributed by atoms with Crippen molar-refractivity contribution in [2.75, 3.05) is 36.9 Å². The number of aromatic nitrogens is 3. The van der Waals surface area contributed by atoms with Crippen LogP contribution in [0.15, 0.2) is 53.4 Å². The van der Waals surface area contributed by atoms with E-state index in [0.29, 0.717) is 30.1 Å². The van der Waals surface area contributed by atoms with Crippen LogP contribution < -0.4 is 20.1 Å². The predicted octanol–water partition coefficient (Wildman–Crippen LogP) is 4.99. The number of amides is 1. The summed E-state index contributed by atoms with van der Waals surface area (Å²) in [7, 11) is -4.14. The van der Waals surface area contributed by atoms with Gasteiger partial charge in [-0.05, 0) is 93.6 Å². The molecular formula is C29H31ClF3N7O4S. The van der Waals surface area contributed by atoms with E-state index < -0.39 is 45.7 Å². The molecule has 1 aliphatic heterocycles. The molecule has 45 heavy (non-hydrogen) atoms. The number of carbonyl (C=O) groups excluding carboxylic acids is 1. The fraction of sp³-hybridized carbons (Fsp3) is 0.448. The van der Waals surface area contributed by atoms with Crippen LogP contribution in [0.2, 0.25) is 5.02 Å². The maximum Gasteiger partial charge on any atom is 0.422 e.